The van der Waals surface area contributed by atoms with Gasteiger partial charge >= 0.3 is 6.03 Å². The van der Waals surface area contributed by atoms with Crippen molar-refractivity contribution in [3.63, 3.8) is 0 Å². The predicted molar refractivity (Wildman–Crippen MR) is 157 cm³/mol. The summed E-state index contributed by atoms with van der Waals surface area (Å²) in [6.45, 7) is 12.3. The van der Waals surface area contributed by atoms with E-state index in [2.05, 4.69) is 31.4 Å². The molecule has 1 heterocycles. The first-order chi connectivity index (χ1) is 18.5. The number of carbonyl (C=O) groups excluding carboxylic acids is 2. The molecule has 0 saturated heterocycles. The molecule has 7 nitrogen and oxygen atoms in total. The Morgan fingerprint density at radius 3 is 2.08 bits per heavy atom. The van der Waals surface area contributed by atoms with Crippen molar-refractivity contribution in [1.82, 2.24) is 14.7 Å². The first-order valence-electron chi connectivity index (χ1n) is 13.2. The second-order valence-corrected chi connectivity index (χ2v) is 10.9. The van der Waals surface area contributed by atoms with Crippen LogP contribution in [-0.2, 0) is 16.8 Å². The minimum absolute atomic E-state index is 0.130. The number of hydrogen-bond donors (Lipinski definition) is 2. The summed E-state index contributed by atoms with van der Waals surface area (Å²) in [6.07, 6.45) is 0. The summed E-state index contributed by atoms with van der Waals surface area (Å²) in [5.41, 5.74) is 6.18. The zero-order valence-corrected chi connectivity index (χ0v) is 23.6. The van der Waals surface area contributed by atoms with Crippen LogP contribution in [-0.4, -0.2) is 33.2 Å². The van der Waals surface area contributed by atoms with Gasteiger partial charge in [0.05, 0.1) is 11.4 Å². The minimum atomic E-state index is -0.339. The lowest BCUT2D eigenvalue weighted by molar-refractivity contribution is -0.116. The zero-order chi connectivity index (χ0) is 28.2. The number of para-hydroxylation sites is 2. The number of carbonyl (C=O) groups is 2. The van der Waals surface area contributed by atoms with E-state index in [1.165, 1.54) is 4.90 Å². The molecule has 0 aliphatic rings. The van der Waals surface area contributed by atoms with Crippen molar-refractivity contribution in [3.05, 3.63) is 107 Å². The van der Waals surface area contributed by atoms with E-state index in [-0.39, 0.29) is 30.4 Å². The summed E-state index contributed by atoms with van der Waals surface area (Å²) in [5.74, 6) is 0.256. The number of hydrogen-bond acceptors (Lipinski definition) is 3. The fraction of sp³-hybridized carbons (Fsp3) is 0.281. The maximum atomic E-state index is 13.5. The van der Waals surface area contributed by atoms with Crippen molar-refractivity contribution < 1.29 is 9.59 Å². The molecule has 0 atom stereocenters. The standard InChI is InChI=1S/C32H37N5O2/c1-22-13-10-11-18-26(22)37-28(19-27(35-37)32(4,5)6)33-29(38)21-36(20-25-16-8-7-9-17-25)31(39)34-30-23(2)14-12-15-24(30)3/h7-19H,20-21H2,1-6H3,(H,33,38)(H,34,39). The highest BCUT2D eigenvalue weighted by Crippen LogP contribution is 2.27. The zero-order valence-electron chi connectivity index (χ0n) is 23.6. The number of aryl methyl sites for hydroxylation is 3. The van der Waals surface area contributed by atoms with Crippen LogP contribution in [0.2, 0.25) is 0 Å². The van der Waals surface area contributed by atoms with E-state index in [4.69, 9.17) is 5.10 Å². The molecule has 0 radical (unpaired) electrons. The molecular weight excluding hydrogens is 486 g/mol. The van der Waals surface area contributed by atoms with E-state index < -0.39 is 0 Å². The van der Waals surface area contributed by atoms with Gasteiger partial charge in [0.25, 0.3) is 0 Å². The molecule has 0 bridgehead atoms. The van der Waals surface area contributed by atoms with Gasteiger partial charge in [-0.15, -0.1) is 0 Å². The Labute approximate surface area is 230 Å². The maximum absolute atomic E-state index is 13.5. The fourth-order valence-electron chi connectivity index (χ4n) is 4.38. The molecule has 39 heavy (non-hydrogen) atoms. The summed E-state index contributed by atoms with van der Waals surface area (Å²) in [6, 6.07) is 25.0. The molecule has 4 rings (SSSR count). The van der Waals surface area contributed by atoms with Gasteiger partial charge in [-0.1, -0.05) is 87.5 Å². The topological polar surface area (TPSA) is 79.3 Å². The van der Waals surface area contributed by atoms with Crippen LogP contribution in [0.5, 0.6) is 0 Å². The van der Waals surface area contributed by atoms with Crippen molar-refractivity contribution in [2.24, 2.45) is 0 Å². The Balaban J connectivity index is 1.61. The van der Waals surface area contributed by atoms with Gasteiger partial charge in [-0.3, -0.25) is 4.79 Å². The molecule has 4 aromatic rings. The smallest absolute Gasteiger partial charge is 0.311 e. The Morgan fingerprint density at radius 1 is 0.821 bits per heavy atom. The Hall–Kier alpha value is -4.39. The minimum Gasteiger partial charge on any atom is -0.311 e. The Kier molecular flexibility index (Phi) is 8.19. The van der Waals surface area contributed by atoms with E-state index in [0.717, 1.165) is 39.3 Å². The summed E-state index contributed by atoms with van der Waals surface area (Å²) < 4.78 is 1.77. The van der Waals surface area contributed by atoms with Crippen molar-refractivity contribution in [1.29, 1.82) is 0 Å². The predicted octanol–water partition coefficient (Wildman–Crippen LogP) is 6.77. The first-order valence-corrected chi connectivity index (χ1v) is 13.2. The molecule has 0 aliphatic carbocycles. The van der Waals surface area contributed by atoms with Crippen LogP contribution < -0.4 is 10.6 Å². The SMILES string of the molecule is Cc1ccccc1-n1nc(C(C)(C)C)cc1NC(=O)CN(Cc1ccccc1)C(=O)Nc1c(C)cccc1C. The van der Waals surface area contributed by atoms with E-state index >= 15 is 0 Å². The second kappa shape index (κ2) is 11.6. The van der Waals surface area contributed by atoms with Gasteiger partial charge < -0.3 is 15.5 Å². The second-order valence-electron chi connectivity index (χ2n) is 10.9. The summed E-state index contributed by atoms with van der Waals surface area (Å²) >= 11 is 0. The lowest BCUT2D eigenvalue weighted by Gasteiger charge is -2.24. The van der Waals surface area contributed by atoms with Crippen LogP contribution >= 0.6 is 0 Å². The van der Waals surface area contributed by atoms with Crippen LogP contribution in [0.4, 0.5) is 16.3 Å². The quantitative estimate of drug-likeness (QED) is 0.281. The number of rotatable bonds is 7. The lowest BCUT2D eigenvalue weighted by Crippen LogP contribution is -2.40. The molecule has 7 heteroatoms. The average molecular weight is 524 g/mol. The monoisotopic (exact) mass is 523 g/mol. The van der Waals surface area contributed by atoms with Crippen LogP contribution in [0.25, 0.3) is 5.69 Å². The molecule has 202 valence electrons. The van der Waals surface area contributed by atoms with E-state index in [1.807, 2.05) is 99.6 Å². The number of urea groups is 1. The van der Waals surface area contributed by atoms with Gasteiger partial charge in [0.2, 0.25) is 5.91 Å². The number of amides is 3. The number of benzene rings is 3. The van der Waals surface area contributed by atoms with Gasteiger partial charge in [0.1, 0.15) is 12.4 Å². The molecule has 3 aromatic carbocycles. The van der Waals surface area contributed by atoms with Crippen molar-refractivity contribution in [3.8, 4) is 5.69 Å². The Morgan fingerprint density at radius 2 is 1.44 bits per heavy atom. The average Bonchev–Trinajstić information content (AvgIpc) is 3.30. The normalized spacial score (nSPS) is 11.2. The molecule has 0 fully saturated rings. The molecule has 0 spiro atoms. The molecular formula is C32H37N5O2. The number of nitrogens with one attached hydrogen (secondary N) is 2. The number of anilines is 2. The van der Waals surface area contributed by atoms with E-state index in [9.17, 15) is 9.59 Å². The number of nitrogens with zero attached hydrogens (tertiary/aromatic N) is 3. The number of aromatic nitrogens is 2. The third-order valence-corrected chi connectivity index (χ3v) is 6.64. The highest BCUT2D eigenvalue weighted by Gasteiger charge is 2.24. The van der Waals surface area contributed by atoms with Gasteiger partial charge in [-0.25, -0.2) is 9.48 Å². The third-order valence-electron chi connectivity index (χ3n) is 6.64. The maximum Gasteiger partial charge on any atom is 0.322 e. The largest absolute Gasteiger partial charge is 0.322 e. The summed E-state index contributed by atoms with van der Waals surface area (Å²) in [5, 5.41) is 10.9. The van der Waals surface area contributed by atoms with E-state index in [0.29, 0.717) is 5.82 Å². The molecule has 0 aliphatic heterocycles. The van der Waals surface area contributed by atoms with Crippen molar-refractivity contribution in [2.75, 3.05) is 17.2 Å². The van der Waals surface area contributed by atoms with Crippen LogP contribution in [0, 0.1) is 20.8 Å². The van der Waals surface area contributed by atoms with Gasteiger partial charge in [0, 0.05) is 23.7 Å². The van der Waals surface area contributed by atoms with E-state index in [1.54, 1.807) is 4.68 Å². The fourth-order valence-corrected chi connectivity index (χ4v) is 4.38. The Bertz CT molecular complexity index is 1450. The highest BCUT2D eigenvalue weighted by molar-refractivity contribution is 5.97. The molecule has 0 unspecified atom stereocenters. The van der Waals surface area contributed by atoms with Crippen molar-refractivity contribution in [2.45, 2.75) is 53.5 Å². The highest BCUT2D eigenvalue weighted by atomic mass is 16.2. The summed E-state index contributed by atoms with van der Waals surface area (Å²) in [7, 11) is 0. The van der Waals surface area contributed by atoms with Crippen LogP contribution in [0.1, 0.15) is 48.7 Å². The van der Waals surface area contributed by atoms with Gasteiger partial charge in [-0.2, -0.15) is 5.10 Å². The molecule has 2 N–H and O–H groups in total. The lowest BCUT2D eigenvalue weighted by atomic mass is 9.92. The van der Waals surface area contributed by atoms with Gasteiger partial charge in [0.15, 0.2) is 0 Å². The van der Waals surface area contributed by atoms with Crippen LogP contribution in [0.3, 0.4) is 0 Å². The van der Waals surface area contributed by atoms with Gasteiger partial charge in [-0.05, 0) is 49.1 Å². The third kappa shape index (κ3) is 6.74. The van der Waals surface area contributed by atoms with Crippen molar-refractivity contribution >= 4 is 23.4 Å². The molecule has 0 saturated carbocycles. The van der Waals surface area contributed by atoms with Crippen LogP contribution in [0.15, 0.2) is 78.9 Å². The summed E-state index contributed by atoms with van der Waals surface area (Å²) in [4.78, 5) is 28.5. The molecule has 1 aromatic heterocycles. The first kappa shape index (κ1) is 27.6. The molecule has 3 amide bonds.